The van der Waals surface area contributed by atoms with E-state index in [4.69, 9.17) is 5.11 Å². The lowest BCUT2D eigenvalue weighted by atomic mass is 10.3. The Balaban J connectivity index is 3.70. The van der Waals surface area contributed by atoms with E-state index in [9.17, 15) is 4.79 Å². The van der Waals surface area contributed by atoms with Crippen LogP contribution in [0.15, 0.2) is 12.2 Å². The topological polar surface area (TPSA) is 46.5 Å². The van der Waals surface area contributed by atoms with Crippen molar-refractivity contribution in [2.45, 2.75) is 20.0 Å². The minimum atomic E-state index is -1.11. The molecule has 3 nitrogen and oxygen atoms in total. The number of rotatable bonds is 3. The first-order valence-electron chi connectivity index (χ1n) is 3.19. The Morgan fingerprint density at radius 2 is 2.40 bits per heavy atom. The molecule has 0 unspecified atom stereocenters. The first kappa shape index (κ1) is 9.17. The van der Waals surface area contributed by atoms with E-state index in [0.717, 1.165) is 0 Å². The molecular weight excluding hydrogens is 132 g/mol. The molecule has 0 rings (SSSR count). The molecular formula is C7H12O3. The Labute approximate surface area is 60.3 Å². The molecule has 10 heavy (non-hydrogen) atoms. The van der Waals surface area contributed by atoms with E-state index in [1.165, 1.54) is 6.08 Å². The summed E-state index contributed by atoms with van der Waals surface area (Å²) in [6, 6.07) is 0. The van der Waals surface area contributed by atoms with Crippen LogP contribution in [-0.2, 0) is 9.53 Å². The van der Waals surface area contributed by atoms with Gasteiger partial charge in [0.2, 0.25) is 0 Å². The second-order valence-electron chi connectivity index (χ2n) is 1.72. The molecule has 0 aliphatic carbocycles. The van der Waals surface area contributed by atoms with Gasteiger partial charge in [0.25, 0.3) is 0 Å². The Morgan fingerprint density at radius 1 is 1.80 bits per heavy atom. The fourth-order valence-corrected chi connectivity index (χ4v) is 0.488. The van der Waals surface area contributed by atoms with E-state index in [0.29, 0.717) is 6.61 Å². The molecule has 1 N–H and O–H groups in total. The van der Waals surface area contributed by atoms with Crippen LogP contribution < -0.4 is 0 Å². The first-order valence-corrected chi connectivity index (χ1v) is 3.19. The maximum absolute atomic E-state index is 10.6. The van der Waals surface area contributed by atoms with Gasteiger partial charge in [-0.25, -0.2) is 4.79 Å². The van der Waals surface area contributed by atoms with Crippen molar-refractivity contribution in [2.24, 2.45) is 0 Å². The summed E-state index contributed by atoms with van der Waals surface area (Å²) in [6.45, 7) is 3.72. The summed E-state index contributed by atoms with van der Waals surface area (Å²) in [5.74, 6) is -0.597. The number of hydrogen-bond acceptors (Lipinski definition) is 3. The molecule has 0 amide bonds. The van der Waals surface area contributed by atoms with Crippen LogP contribution in [-0.4, -0.2) is 23.8 Å². The average molecular weight is 144 g/mol. The molecule has 0 bridgehead atoms. The Kier molecular flexibility index (Phi) is 4.58. The zero-order valence-corrected chi connectivity index (χ0v) is 6.20. The summed E-state index contributed by atoms with van der Waals surface area (Å²) in [7, 11) is 0. The Morgan fingerprint density at radius 3 is 2.80 bits per heavy atom. The highest BCUT2D eigenvalue weighted by molar-refractivity contribution is 5.76. The van der Waals surface area contributed by atoms with Crippen LogP contribution in [0.2, 0.25) is 0 Å². The van der Waals surface area contributed by atoms with E-state index in [-0.39, 0.29) is 0 Å². The molecule has 0 heterocycles. The van der Waals surface area contributed by atoms with Gasteiger partial charge in [0, 0.05) is 0 Å². The third-order valence-electron chi connectivity index (χ3n) is 0.903. The quantitative estimate of drug-likeness (QED) is 0.463. The van der Waals surface area contributed by atoms with Gasteiger partial charge in [-0.3, -0.25) is 0 Å². The van der Waals surface area contributed by atoms with Crippen molar-refractivity contribution in [3.05, 3.63) is 12.2 Å². The van der Waals surface area contributed by atoms with Crippen molar-refractivity contribution in [1.82, 2.24) is 0 Å². The summed E-state index contributed by atoms with van der Waals surface area (Å²) in [6.07, 6.45) is 1.87. The van der Waals surface area contributed by atoms with Gasteiger partial charge in [0.05, 0.1) is 6.61 Å². The van der Waals surface area contributed by atoms with Gasteiger partial charge >= 0.3 is 5.97 Å². The standard InChI is InChI=1S/C7H12O3/c1-3-5-6(8)7(9)10-4-2/h3,5-6,8H,4H2,1-2H3/b5-3-/t6-/m0/s1. The predicted molar refractivity (Wildman–Crippen MR) is 37.5 cm³/mol. The van der Waals surface area contributed by atoms with Gasteiger partial charge in [-0.1, -0.05) is 6.08 Å². The highest BCUT2D eigenvalue weighted by Crippen LogP contribution is 1.89. The van der Waals surface area contributed by atoms with Crippen LogP contribution in [0, 0.1) is 0 Å². The van der Waals surface area contributed by atoms with E-state index < -0.39 is 12.1 Å². The number of esters is 1. The van der Waals surface area contributed by atoms with Crippen LogP contribution >= 0.6 is 0 Å². The summed E-state index contributed by atoms with van der Waals surface area (Å²) >= 11 is 0. The van der Waals surface area contributed by atoms with E-state index in [2.05, 4.69) is 4.74 Å². The van der Waals surface area contributed by atoms with Gasteiger partial charge in [-0.2, -0.15) is 0 Å². The monoisotopic (exact) mass is 144 g/mol. The van der Waals surface area contributed by atoms with Crippen molar-refractivity contribution in [3.63, 3.8) is 0 Å². The number of carbonyl (C=O) groups excluding carboxylic acids is 1. The lowest BCUT2D eigenvalue weighted by molar-refractivity contribution is -0.150. The average Bonchev–Trinajstić information content (AvgIpc) is 1.89. The van der Waals surface area contributed by atoms with E-state index in [1.54, 1.807) is 19.9 Å². The first-order chi connectivity index (χ1) is 4.72. The van der Waals surface area contributed by atoms with Crippen molar-refractivity contribution < 1.29 is 14.6 Å². The summed E-state index contributed by atoms with van der Waals surface area (Å²) in [4.78, 5) is 10.6. The molecule has 0 aromatic rings. The number of aliphatic hydroxyl groups is 1. The molecule has 3 heteroatoms. The van der Waals surface area contributed by atoms with Crippen LogP contribution in [0.3, 0.4) is 0 Å². The molecule has 0 aromatic heterocycles. The summed E-state index contributed by atoms with van der Waals surface area (Å²) < 4.78 is 4.52. The zero-order valence-electron chi connectivity index (χ0n) is 6.20. The summed E-state index contributed by atoms with van der Waals surface area (Å²) in [5, 5.41) is 8.89. The van der Waals surface area contributed by atoms with Gasteiger partial charge in [-0.05, 0) is 19.9 Å². The van der Waals surface area contributed by atoms with Crippen LogP contribution in [0.25, 0.3) is 0 Å². The molecule has 58 valence electrons. The highest BCUT2D eigenvalue weighted by atomic mass is 16.5. The lowest BCUT2D eigenvalue weighted by Gasteiger charge is -2.03. The second-order valence-corrected chi connectivity index (χ2v) is 1.72. The number of ether oxygens (including phenoxy) is 1. The molecule has 0 aromatic carbocycles. The van der Waals surface area contributed by atoms with Crippen LogP contribution in [0.1, 0.15) is 13.8 Å². The maximum Gasteiger partial charge on any atom is 0.338 e. The van der Waals surface area contributed by atoms with Crippen molar-refractivity contribution >= 4 is 5.97 Å². The van der Waals surface area contributed by atoms with Gasteiger partial charge < -0.3 is 9.84 Å². The van der Waals surface area contributed by atoms with Gasteiger partial charge in [0.1, 0.15) is 0 Å². The SMILES string of the molecule is C/C=C\[C@H](O)C(=O)OCC. The fourth-order valence-electron chi connectivity index (χ4n) is 0.488. The molecule has 0 radical (unpaired) electrons. The van der Waals surface area contributed by atoms with Crippen molar-refractivity contribution in [3.8, 4) is 0 Å². The molecule has 0 fully saturated rings. The molecule has 0 spiro atoms. The minimum Gasteiger partial charge on any atom is -0.464 e. The maximum atomic E-state index is 10.6. The highest BCUT2D eigenvalue weighted by Gasteiger charge is 2.10. The molecule has 0 aliphatic heterocycles. The Hall–Kier alpha value is -0.830. The van der Waals surface area contributed by atoms with Crippen LogP contribution in [0.4, 0.5) is 0 Å². The lowest BCUT2D eigenvalue weighted by Crippen LogP contribution is -2.20. The Bertz CT molecular complexity index is 129. The third kappa shape index (κ3) is 3.25. The number of hydrogen-bond donors (Lipinski definition) is 1. The van der Waals surface area contributed by atoms with Crippen molar-refractivity contribution in [2.75, 3.05) is 6.61 Å². The predicted octanol–water partition coefficient (Wildman–Crippen LogP) is 0.486. The molecule has 1 atom stereocenters. The molecule has 0 saturated carbocycles. The second kappa shape index (κ2) is 4.99. The smallest absolute Gasteiger partial charge is 0.338 e. The van der Waals surface area contributed by atoms with Crippen molar-refractivity contribution in [1.29, 1.82) is 0 Å². The van der Waals surface area contributed by atoms with Gasteiger partial charge in [-0.15, -0.1) is 0 Å². The molecule has 0 saturated heterocycles. The van der Waals surface area contributed by atoms with E-state index >= 15 is 0 Å². The minimum absolute atomic E-state index is 0.299. The zero-order chi connectivity index (χ0) is 7.98. The third-order valence-corrected chi connectivity index (χ3v) is 0.903. The van der Waals surface area contributed by atoms with E-state index in [1.807, 2.05) is 0 Å². The largest absolute Gasteiger partial charge is 0.464 e. The normalized spacial score (nSPS) is 13.5. The number of aliphatic hydroxyl groups excluding tert-OH is 1. The number of carbonyl (C=O) groups is 1. The van der Waals surface area contributed by atoms with Gasteiger partial charge in [0.15, 0.2) is 6.10 Å². The summed E-state index contributed by atoms with van der Waals surface area (Å²) in [5.41, 5.74) is 0. The number of allylic oxidation sites excluding steroid dienone is 1. The van der Waals surface area contributed by atoms with Crippen LogP contribution in [0.5, 0.6) is 0 Å². The fraction of sp³-hybridized carbons (Fsp3) is 0.571. The molecule has 0 aliphatic rings.